The van der Waals surface area contributed by atoms with Crippen LogP contribution in [0, 0.1) is 5.92 Å². The maximum Gasteiger partial charge on any atom is 0.260 e. The average molecular weight is 277 g/mol. The highest BCUT2D eigenvalue weighted by molar-refractivity contribution is 5.75. The molecule has 0 atom stereocenters. The van der Waals surface area contributed by atoms with Crippen molar-refractivity contribution in [1.29, 1.82) is 0 Å². The van der Waals surface area contributed by atoms with Crippen LogP contribution in [0.4, 0.5) is 5.69 Å². The second-order valence-electron chi connectivity index (χ2n) is 4.91. The van der Waals surface area contributed by atoms with Gasteiger partial charge in [0.15, 0.2) is 17.3 Å². The van der Waals surface area contributed by atoms with Crippen LogP contribution in [0.15, 0.2) is 16.7 Å². The first-order valence-corrected chi connectivity index (χ1v) is 6.39. The highest BCUT2D eigenvalue weighted by atomic mass is 16.5. The third-order valence-electron chi connectivity index (χ3n) is 2.85. The van der Waals surface area contributed by atoms with Crippen LogP contribution >= 0.6 is 0 Å². The molecule has 1 aromatic carbocycles. The first-order valence-electron chi connectivity index (χ1n) is 6.39. The number of benzene rings is 1. The van der Waals surface area contributed by atoms with Crippen LogP contribution in [0.1, 0.15) is 19.7 Å². The Labute approximate surface area is 117 Å². The zero-order chi connectivity index (χ0) is 14.7. The van der Waals surface area contributed by atoms with Gasteiger partial charge in [-0.1, -0.05) is 19.0 Å². The van der Waals surface area contributed by atoms with Crippen molar-refractivity contribution in [3.63, 3.8) is 0 Å². The van der Waals surface area contributed by atoms with Gasteiger partial charge < -0.3 is 19.7 Å². The molecule has 1 aromatic heterocycles. The van der Waals surface area contributed by atoms with E-state index in [0.717, 1.165) is 6.42 Å². The molecular weight excluding hydrogens is 258 g/mol. The Bertz CT molecular complexity index is 593. The number of aromatic nitrogens is 2. The molecule has 0 saturated heterocycles. The van der Waals surface area contributed by atoms with Crippen molar-refractivity contribution in [2.45, 2.75) is 20.3 Å². The summed E-state index contributed by atoms with van der Waals surface area (Å²) >= 11 is 0. The molecule has 0 fully saturated rings. The zero-order valence-electron chi connectivity index (χ0n) is 12.1. The highest BCUT2D eigenvalue weighted by Gasteiger charge is 2.16. The molecule has 6 nitrogen and oxygen atoms in total. The number of hydrogen-bond acceptors (Lipinski definition) is 6. The second kappa shape index (κ2) is 5.81. The smallest absolute Gasteiger partial charge is 0.260 e. The van der Waals surface area contributed by atoms with Crippen molar-refractivity contribution >= 4 is 5.69 Å². The monoisotopic (exact) mass is 277 g/mol. The lowest BCUT2D eigenvalue weighted by Crippen LogP contribution is -1.97. The molecule has 0 aliphatic heterocycles. The van der Waals surface area contributed by atoms with Crippen LogP contribution in [0.2, 0.25) is 0 Å². The number of ether oxygens (including phenoxy) is 2. The van der Waals surface area contributed by atoms with Gasteiger partial charge in [0.1, 0.15) is 0 Å². The van der Waals surface area contributed by atoms with Crippen molar-refractivity contribution in [3.8, 4) is 23.0 Å². The van der Waals surface area contributed by atoms with Gasteiger partial charge in [-0.2, -0.15) is 4.98 Å². The van der Waals surface area contributed by atoms with Crippen LogP contribution in [-0.2, 0) is 6.42 Å². The number of hydrogen-bond donors (Lipinski definition) is 1. The minimum Gasteiger partial charge on any atom is -0.493 e. The molecule has 0 saturated carbocycles. The van der Waals surface area contributed by atoms with Gasteiger partial charge >= 0.3 is 0 Å². The molecule has 0 unspecified atom stereocenters. The Balaban J connectivity index is 2.39. The Kier molecular flexibility index (Phi) is 4.12. The van der Waals surface area contributed by atoms with Crippen molar-refractivity contribution in [1.82, 2.24) is 10.1 Å². The Morgan fingerprint density at radius 3 is 2.45 bits per heavy atom. The van der Waals surface area contributed by atoms with E-state index in [1.165, 1.54) is 0 Å². The molecule has 6 heteroatoms. The summed E-state index contributed by atoms with van der Waals surface area (Å²) < 4.78 is 15.7. The maximum atomic E-state index is 6.00. The fourth-order valence-electron chi connectivity index (χ4n) is 1.89. The fourth-order valence-corrected chi connectivity index (χ4v) is 1.89. The minimum atomic E-state index is 0.388. The Morgan fingerprint density at radius 1 is 1.20 bits per heavy atom. The molecule has 2 N–H and O–H groups in total. The van der Waals surface area contributed by atoms with Gasteiger partial charge in [0.2, 0.25) is 0 Å². The second-order valence-corrected chi connectivity index (χ2v) is 4.91. The fraction of sp³-hybridized carbons (Fsp3) is 0.429. The van der Waals surface area contributed by atoms with E-state index in [1.54, 1.807) is 26.4 Å². The van der Waals surface area contributed by atoms with Crippen LogP contribution in [0.5, 0.6) is 11.5 Å². The number of nitrogens with two attached hydrogens (primary N) is 1. The van der Waals surface area contributed by atoms with Crippen LogP contribution < -0.4 is 15.2 Å². The molecule has 1 heterocycles. The average Bonchev–Trinajstić information content (AvgIpc) is 2.85. The number of rotatable bonds is 5. The van der Waals surface area contributed by atoms with E-state index in [4.69, 9.17) is 19.7 Å². The molecular formula is C14H19N3O3. The lowest BCUT2D eigenvalue weighted by atomic mass is 10.1. The van der Waals surface area contributed by atoms with Gasteiger partial charge in [-0.15, -0.1) is 0 Å². The number of nitrogens with zero attached hydrogens (tertiary/aromatic N) is 2. The summed E-state index contributed by atoms with van der Waals surface area (Å²) in [6, 6.07) is 3.42. The van der Waals surface area contributed by atoms with Crippen molar-refractivity contribution in [2.75, 3.05) is 20.0 Å². The third-order valence-corrected chi connectivity index (χ3v) is 2.85. The molecule has 2 aromatic rings. The summed E-state index contributed by atoms with van der Waals surface area (Å²) in [5, 5.41) is 3.96. The summed E-state index contributed by atoms with van der Waals surface area (Å²) in [5.74, 6) is 2.66. The number of nitrogen functional groups attached to an aromatic ring is 1. The van der Waals surface area contributed by atoms with Crippen LogP contribution in [-0.4, -0.2) is 24.4 Å². The molecule has 0 amide bonds. The molecule has 2 rings (SSSR count). The zero-order valence-corrected chi connectivity index (χ0v) is 12.1. The molecule has 108 valence electrons. The van der Waals surface area contributed by atoms with E-state index in [-0.39, 0.29) is 0 Å². The first kappa shape index (κ1) is 14.2. The van der Waals surface area contributed by atoms with E-state index in [9.17, 15) is 0 Å². The van der Waals surface area contributed by atoms with E-state index in [2.05, 4.69) is 24.0 Å². The lowest BCUT2D eigenvalue weighted by molar-refractivity contribution is 0.355. The molecule has 0 spiro atoms. The van der Waals surface area contributed by atoms with Gasteiger partial charge in [-0.05, 0) is 12.0 Å². The van der Waals surface area contributed by atoms with Crippen LogP contribution in [0.3, 0.4) is 0 Å². The maximum absolute atomic E-state index is 6.00. The standard InChI is InChI=1S/C14H19N3O3/c1-8(2)5-13-16-14(20-17-13)9-6-11(18-3)12(19-4)7-10(9)15/h6-8H,5,15H2,1-4H3. The van der Waals surface area contributed by atoms with E-state index >= 15 is 0 Å². The minimum absolute atomic E-state index is 0.388. The molecule has 0 bridgehead atoms. The Hall–Kier alpha value is -2.24. The van der Waals surface area contributed by atoms with Gasteiger partial charge in [-0.3, -0.25) is 0 Å². The van der Waals surface area contributed by atoms with Gasteiger partial charge in [0, 0.05) is 18.2 Å². The summed E-state index contributed by atoms with van der Waals surface area (Å²) in [4.78, 5) is 4.36. The van der Waals surface area contributed by atoms with E-state index < -0.39 is 0 Å². The largest absolute Gasteiger partial charge is 0.493 e. The summed E-state index contributed by atoms with van der Waals surface area (Å²) in [6.45, 7) is 4.20. The van der Waals surface area contributed by atoms with Crippen molar-refractivity contribution in [3.05, 3.63) is 18.0 Å². The molecule has 0 aliphatic rings. The first-order chi connectivity index (χ1) is 9.55. The Morgan fingerprint density at radius 2 is 1.85 bits per heavy atom. The third kappa shape index (κ3) is 2.84. The highest BCUT2D eigenvalue weighted by Crippen LogP contribution is 2.36. The normalized spacial score (nSPS) is 10.8. The van der Waals surface area contributed by atoms with Crippen molar-refractivity contribution in [2.24, 2.45) is 5.92 Å². The number of anilines is 1. The summed E-state index contributed by atoms with van der Waals surface area (Å²) in [6.07, 6.45) is 0.761. The van der Waals surface area contributed by atoms with Gasteiger partial charge in [-0.25, -0.2) is 0 Å². The SMILES string of the molecule is COc1cc(N)c(-c2nc(CC(C)C)no2)cc1OC. The number of methoxy groups -OCH3 is 2. The molecule has 0 aliphatic carbocycles. The predicted molar refractivity (Wildman–Crippen MR) is 75.8 cm³/mol. The summed E-state index contributed by atoms with van der Waals surface area (Å²) in [5.41, 5.74) is 7.15. The summed E-state index contributed by atoms with van der Waals surface area (Å²) in [7, 11) is 3.13. The lowest BCUT2D eigenvalue weighted by Gasteiger charge is -2.10. The molecule has 20 heavy (non-hydrogen) atoms. The van der Waals surface area contributed by atoms with Gasteiger partial charge in [0.05, 0.1) is 19.8 Å². The quantitative estimate of drug-likeness (QED) is 0.845. The van der Waals surface area contributed by atoms with Gasteiger partial charge in [0.25, 0.3) is 5.89 Å². The predicted octanol–water partition coefficient (Wildman–Crippen LogP) is 2.53. The van der Waals surface area contributed by atoms with E-state index in [0.29, 0.717) is 40.4 Å². The van der Waals surface area contributed by atoms with Crippen molar-refractivity contribution < 1.29 is 14.0 Å². The topological polar surface area (TPSA) is 83.4 Å². The van der Waals surface area contributed by atoms with E-state index in [1.807, 2.05) is 0 Å². The van der Waals surface area contributed by atoms with Crippen LogP contribution in [0.25, 0.3) is 11.5 Å². The molecule has 0 radical (unpaired) electrons.